The van der Waals surface area contributed by atoms with E-state index in [-0.39, 0.29) is 37.0 Å². The highest BCUT2D eigenvalue weighted by Crippen LogP contribution is 2.31. The molecule has 2 aromatic rings. The van der Waals surface area contributed by atoms with Crippen LogP contribution in [0.25, 0.3) is 0 Å². The van der Waals surface area contributed by atoms with Gasteiger partial charge in [-0.1, -0.05) is 23.5 Å². The molecule has 9 nitrogen and oxygen atoms in total. The van der Waals surface area contributed by atoms with Crippen molar-refractivity contribution in [2.45, 2.75) is 44.6 Å². The predicted octanol–water partition coefficient (Wildman–Crippen LogP) is 3.00. The molecule has 0 saturated heterocycles. The topological polar surface area (TPSA) is 102 Å². The minimum atomic E-state index is -4.47. The Hall–Kier alpha value is -3.26. The van der Waals surface area contributed by atoms with Crippen LogP contribution in [0.1, 0.15) is 35.4 Å². The number of rotatable bonds is 10. The lowest BCUT2D eigenvalue weighted by Gasteiger charge is -2.21. The van der Waals surface area contributed by atoms with Crippen molar-refractivity contribution in [3.8, 4) is 0 Å². The lowest BCUT2D eigenvalue weighted by Crippen LogP contribution is -2.42. The third-order valence-electron chi connectivity index (χ3n) is 5.57. The van der Waals surface area contributed by atoms with Gasteiger partial charge in [0.05, 0.1) is 12.1 Å². The summed E-state index contributed by atoms with van der Waals surface area (Å²) in [6, 6.07) is 4.71. The quantitative estimate of drug-likeness (QED) is 0.409. The third kappa shape index (κ3) is 6.91. The third-order valence-corrected chi connectivity index (χ3v) is 6.47. The van der Waals surface area contributed by atoms with Crippen LogP contribution in [-0.4, -0.2) is 51.8 Å². The molecule has 1 aliphatic carbocycles. The first kappa shape index (κ1) is 25.8. The molecule has 3 N–H and O–H groups in total. The first-order valence-electron chi connectivity index (χ1n) is 11.3. The van der Waals surface area contributed by atoms with Crippen LogP contribution in [0.3, 0.4) is 0 Å². The van der Waals surface area contributed by atoms with Gasteiger partial charge in [-0.2, -0.15) is 13.2 Å². The molecule has 1 atom stereocenters. The molecule has 0 radical (unpaired) electrons. The molecule has 36 heavy (non-hydrogen) atoms. The maximum Gasteiger partial charge on any atom is 0.416 e. The highest BCUT2D eigenvalue weighted by atomic mass is 32.1. The summed E-state index contributed by atoms with van der Waals surface area (Å²) in [5.74, 6) is -0.527. The molecule has 2 heterocycles. The van der Waals surface area contributed by atoms with Crippen molar-refractivity contribution >= 4 is 28.3 Å². The highest BCUT2D eigenvalue weighted by Gasteiger charge is 2.31. The van der Waals surface area contributed by atoms with Gasteiger partial charge < -0.3 is 10.6 Å². The number of aryl methyl sites for hydroxylation is 1. The largest absolute Gasteiger partial charge is 0.416 e. The zero-order valence-electron chi connectivity index (χ0n) is 19.3. The number of hydrogen-bond donors (Lipinski definition) is 3. The van der Waals surface area contributed by atoms with Gasteiger partial charge in [0.15, 0.2) is 0 Å². The number of halogens is 4. The van der Waals surface area contributed by atoms with Crippen molar-refractivity contribution in [3.05, 3.63) is 52.3 Å². The molecule has 1 saturated carbocycles. The Morgan fingerprint density at radius 2 is 2.06 bits per heavy atom. The average Bonchev–Trinajstić information content (AvgIpc) is 3.49. The number of hydrazine groups is 2. The number of amides is 2. The second kappa shape index (κ2) is 10.8. The van der Waals surface area contributed by atoms with Gasteiger partial charge in [-0.25, -0.2) is 4.39 Å². The van der Waals surface area contributed by atoms with Crippen LogP contribution in [0.2, 0.25) is 0 Å². The monoisotopic (exact) mass is 527 g/mol. The van der Waals surface area contributed by atoms with E-state index in [4.69, 9.17) is 0 Å². The number of anilines is 1. The van der Waals surface area contributed by atoms with Crippen LogP contribution in [0, 0.1) is 5.92 Å². The fourth-order valence-corrected chi connectivity index (χ4v) is 4.25. The Labute approximate surface area is 208 Å². The number of nitrogens with one attached hydrogen (secondary N) is 3. The van der Waals surface area contributed by atoms with E-state index in [0.717, 1.165) is 25.0 Å². The van der Waals surface area contributed by atoms with Crippen molar-refractivity contribution in [1.82, 2.24) is 31.1 Å². The standard InChI is InChI=1S/C22H25F4N7O2S/c1-32-17(20(35)27-10-13-3-2-4-15(9-13)22(24,25)26)12-33(31-32)11-16(23)7-8-18-29-30-21(36-18)28-19(34)14-5-6-14/h2-4,9,12,14,16,31H,5-8,10-11H2,1H3,(H,27,35)(H,28,30,34). The minimum absolute atomic E-state index is 0.0428. The summed E-state index contributed by atoms with van der Waals surface area (Å²) in [5, 5.41) is 17.0. The molecule has 1 aliphatic heterocycles. The molecule has 194 valence electrons. The van der Waals surface area contributed by atoms with E-state index >= 15 is 0 Å². The van der Waals surface area contributed by atoms with Gasteiger partial charge in [-0.05, 0) is 37.0 Å². The summed E-state index contributed by atoms with van der Waals surface area (Å²) in [4.78, 5) is 24.3. The maximum atomic E-state index is 14.6. The second-order valence-electron chi connectivity index (χ2n) is 8.61. The van der Waals surface area contributed by atoms with E-state index in [1.165, 1.54) is 39.7 Å². The Balaban J connectivity index is 1.23. The molecule has 1 unspecified atom stereocenters. The van der Waals surface area contributed by atoms with Gasteiger partial charge in [0.25, 0.3) is 5.91 Å². The molecule has 1 aromatic carbocycles. The molecular weight excluding hydrogens is 502 g/mol. The number of aromatic nitrogens is 2. The Bertz CT molecular complexity index is 1140. The van der Waals surface area contributed by atoms with E-state index in [2.05, 4.69) is 26.4 Å². The van der Waals surface area contributed by atoms with E-state index in [1.807, 2.05) is 0 Å². The number of likely N-dealkylation sites (N-methyl/N-ethyl adjacent to an activating group) is 1. The number of nitrogens with zero attached hydrogens (tertiary/aromatic N) is 4. The van der Waals surface area contributed by atoms with Gasteiger partial charge in [-0.15, -0.1) is 15.7 Å². The number of carbonyl (C=O) groups excluding carboxylic acids is 2. The molecule has 2 amide bonds. The summed E-state index contributed by atoms with van der Waals surface area (Å²) in [6.07, 6.45) is -2.00. The Kier molecular flexibility index (Phi) is 7.73. The van der Waals surface area contributed by atoms with Crippen LogP contribution < -0.4 is 16.2 Å². The summed E-state index contributed by atoms with van der Waals surface area (Å²) in [5.41, 5.74) is 2.54. The number of carbonyl (C=O) groups is 2. The smallest absolute Gasteiger partial charge is 0.347 e. The summed E-state index contributed by atoms with van der Waals surface area (Å²) >= 11 is 1.22. The predicted molar refractivity (Wildman–Crippen MR) is 123 cm³/mol. The molecule has 0 bridgehead atoms. The zero-order chi connectivity index (χ0) is 25.9. The van der Waals surface area contributed by atoms with E-state index in [0.29, 0.717) is 22.1 Å². The van der Waals surface area contributed by atoms with Crippen molar-refractivity contribution in [1.29, 1.82) is 0 Å². The lowest BCUT2D eigenvalue weighted by atomic mass is 10.1. The number of benzene rings is 1. The van der Waals surface area contributed by atoms with Crippen LogP contribution in [0.5, 0.6) is 0 Å². The summed E-state index contributed by atoms with van der Waals surface area (Å²) in [7, 11) is 1.57. The molecule has 4 rings (SSSR count). The van der Waals surface area contributed by atoms with Gasteiger partial charge in [-0.3, -0.25) is 19.6 Å². The molecule has 1 aromatic heterocycles. The first-order valence-corrected chi connectivity index (χ1v) is 12.1. The van der Waals surface area contributed by atoms with E-state index < -0.39 is 23.8 Å². The maximum absolute atomic E-state index is 14.6. The Morgan fingerprint density at radius 3 is 2.78 bits per heavy atom. The van der Waals surface area contributed by atoms with Crippen LogP contribution in [-0.2, 0) is 28.7 Å². The highest BCUT2D eigenvalue weighted by molar-refractivity contribution is 7.15. The van der Waals surface area contributed by atoms with E-state index in [9.17, 15) is 27.2 Å². The van der Waals surface area contributed by atoms with Crippen molar-refractivity contribution in [3.63, 3.8) is 0 Å². The lowest BCUT2D eigenvalue weighted by molar-refractivity contribution is -0.137. The minimum Gasteiger partial charge on any atom is -0.347 e. The fourth-order valence-electron chi connectivity index (χ4n) is 3.49. The van der Waals surface area contributed by atoms with Gasteiger partial charge in [0, 0.05) is 32.1 Å². The Morgan fingerprint density at radius 1 is 1.28 bits per heavy atom. The molecular formula is C22H25F4N7O2S. The SMILES string of the molecule is CN1NN(CC(F)CCc2nnc(NC(=O)C3CC3)s2)C=C1C(=O)NCc1cccc(C(F)(F)F)c1. The second-order valence-corrected chi connectivity index (χ2v) is 9.67. The number of alkyl halides is 4. The normalized spacial score (nSPS) is 16.6. The molecule has 1 fully saturated rings. The zero-order valence-corrected chi connectivity index (χ0v) is 20.1. The van der Waals surface area contributed by atoms with E-state index in [1.54, 1.807) is 7.05 Å². The first-order chi connectivity index (χ1) is 17.1. The molecule has 2 aliphatic rings. The average molecular weight is 528 g/mol. The fraction of sp³-hybridized carbons (Fsp3) is 0.455. The molecule has 0 spiro atoms. The van der Waals surface area contributed by atoms with Gasteiger partial charge in [0.1, 0.15) is 16.9 Å². The molecule has 14 heteroatoms. The van der Waals surface area contributed by atoms with Crippen molar-refractivity contribution in [2.75, 3.05) is 18.9 Å². The number of hydrogen-bond acceptors (Lipinski definition) is 8. The van der Waals surface area contributed by atoms with Gasteiger partial charge in [0.2, 0.25) is 11.0 Å². The van der Waals surface area contributed by atoms with Gasteiger partial charge >= 0.3 is 6.18 Å². The van der Waals surface area contributed by atoms with Crippen molar-refractivity contribution < 1.29 is 27.2 Å². The van der Waals surface area contributed by atoms with Crippen LogP contribution in [0.4, 0.5) is 22.7 Å². The van der Waals surface area contributed by atoms with Crippen LogP contribution >= 0.6 is 11.3 Å². The van der Waals surface area contributed by atoms with Crippen LogP contribution in [0.15, 0.2) is 36.2 Å². The summed E-state index contributed by atoms with van der Waals surface area (Å²) < 4.78 is 53.2. The summed E-state index contributed by atoms with van der Waals surface area (Å²) in [6.45, 7) is -0.135. The van der Waals surface area contributed by atoms with Crippen molar-refractivity contribution in [2.24, 2.45) is 5.92 Å².